The van der Waals surface area contributed by atoms with Gasteiger partial charge in [-0.2, -0.15) is 10.9 Å². The van der Waals surface area contributed by atoms with Gasteiger partial charge in [-0.1, -0.05) is 84.4 Å². The van der Waals surface area contributed by atoms with Gasteiger partial charge in [0, 0.05) is 16.4 Å². The lowest BCUT2D eigenvalue weighted by Gasteiger charge is -2.22. The molecule has 4 nitrogen and oxygen atoms in total. The average Bonchev–Trinajstić information content (AvgIpc) is 3.38. The zero-order chi connectivity index (χ0) is 22.8. The molecule has 0 radical (unpaired) electrons. The van der Waals surface area contributed by atoms with Crippen molar-refractivity contribution in [2.45, 2.75) is 5.92 Å². The summed E-state index contributed by atoms with van der Waals surface area (Å²) in [6, 6.07) is 23.9. The summed E-state index contributed by atoms with van der Waals surface area (Å²) in [5, 5.41) is 2.88. The summed E-state index contributed by atoms with van der Waals surface area (Å²) >= 11 is 6.45. The quantitative estimate of drug-likeness (QED) is 0.319. The van der Waals surface area contributed by atoms with Gasteiger partial charge in [-0.25, -0.2) is 4.79 Å². The van der Waals surface area contributed by atoms with Crippen molar-refractivity contribution in [1.29, 1.82) is 0 Å². The number of amides is 1. The highest BCUT2D eigenvalue weighted by molar-refractivity contribution is 8.29. The minimum absolute atomic E-state index is 0.0127. The number of nitrogens with one attached hydrogen (secondary N) is 1. The fourth-order valence-corrected chi connectivity index (χ4v) is 6.82. The van der Waals surface area contributed by atoms with Gasteiger partial charge in [-0.3, -0.25) is 4.79 Å². The first-order chi connectivity index (χ1) is 16.2. The molecule has 1 heterocycles. The molecule has 0 saturated heterocycles. The average molecular weight is 476 g/mol. The van der Waals surface area contributed by atoms with E-state index >= 15 is 0 Å². The van der Waals surface area contributed by atoms with E-state index in [0.29, 0.717) is 15.8 Å². The lowest BCUT2D eigenvalue weighted by molar-refractivity contribution is 0.112. The molecular formula is C27H22ClNO3S. The number of ether oxygens (including phenoxy) is 1. The maximum atomic E-state index is 12.6. The van der Waals surface area contributed by atoms with Crippen LogP contribution in [0.5, 0.6) is 0 Å². The van der Waals surface area contributed by atoms with Crippen molar-refractivity contribution in [1.82, 2.24) is 5.32 Å². The molecule has 1 aliphatic carbocycles. The third-order valence-electron chi connectivity index (χ3n) is 6.02. The normalized spacial score (nSPS) is 17.5. The molecule has 1 atom stereocenters. The fourth-order valence-electron chi connectivity index (χ4n) is 4.46. The lowest BCUT2D eigenvalue weighted by atomic mass is 9.98. The van der Waals surface area contributed by atoms with E-state index in [1.807, 2.05) is 54.6 Å². The number of carbonyl (C=O) groups is 2. The smallest absolute Gasteiger partial charge is 0.407 e. The van der Waals surface area contributed by atoms with E-state index in [0.717, 1.165) is 16.8 Å². The van der Waals surface area contributed by atoms with E-state index in [9.17, 15) is 9.59 Å². The number of allylic oxidation sites excluding steroid dienone is 2. The number of alkyl carbamates (subject to hydrolysis) is 1. The summed E-state index contributed by atoms with van der Waals surface area (Å²) in [5.74, 6) is 0.360. The van der Waals surface area contributed by atoms with E-state index in [4.69, 9.17) is 16.3 Å². The third-order valence-corrected chi connectivity index (χ3v) is 8.87. The molecule has 1 N–H and O–H groups in total. The van der Waals surface area contributed by atoms with Crippen LogP contribution in [0.15, 0.2) is 89.3 Å². The first kappa shape index (κ1) is 21.6. The Morgan fingerprint density at radius 1 is 0.909 bits per heavy atom. The van der Waals surface area contributed by atoms with Gasteiger partial charge in [0.15, 0.2) is 6.29 Å². The highest BCUT2D eigenvalue weighted by Crippen LogP contribution is 2.54. The van der Waals surface area contributed by atoms with Gasteiger partial charge in [-0.05, 0) is 40.0 Å². The minimum Gasteiger partial charge on any atom is -0.449 e. The van der Waals surface area contributed by atoms with Gasteiger partial charge in [0.2, 0.25) is 0 Å². The molecule has 166 valence electrons. The van der Waals surface area contributed by atoms with Gasteiger partial charge >= 0.3 is 6.09 Å². The summed E-state index contributed by atoms with van der Waals surface area (Å²) in [7, 11) is -0.989. The predicted molar refractivity (Wildman–Crippen MR) is 136 cm³/mol. The monoisotopic (exact) mass is 475 g/mol. The van der Waals surface area contributed by atoms with Crippen LogP contribution in [0.1, 0.15) is 33.0 Å². The van der Waals surface area contributed by atoms with Crippen molar-refractivity contribution < 1.29 is 14.3 Å². The molecule has 1 unspecified atom stereocenters. The Morgan fingerprint density at radius 2 is 1.52 bits per heavy atom. The molecule has 0 spiro atoms. The van der Waals surface area contributed by atoms with Crippen molar-refractivity contribution in [3.63, 3.8) is 0 Å². The molecule has 33 heavy (non-hydrogen) atoms. The van der Waals surface area contributed by atoms with Crippen molar-refractivity contribution >= 4 is 39.8 Å². The van der Waals surface area contributed by atoms with E-state index in [2.05, 4.69) is 29.6 Å². The molecule has 5 rings (SSSR count). The third kappa shape index (κ3) is 4.10. The summed E-state index contributed by atoms with van der Waals surface area (Å²) in [6.07, 6.45) is 4.13. The van der Waals surface area contributed by atoms with Gasteiger partial charge in [-0.15, -0.1) is 0 Å². The Morgan fingerprint density at radius 3 is 2.18 bits per heavy atom. The number of thiol groups is 1. The maximum absolute atomic E-state index is 12.6. The zero-order valence-corrected chi connectivity index (χ0v) is 19.4. The Kier molecular flexibility index (Phi) is 6.07. The number of fused-ring (bicyclic) bond motifs is 3. The number of hydrogen-bond donors (Lipinski definition) is 2. The molecule has 2 aliphatic rings. The zero-order valence-electron chi connectivity index (χ0n) is 17.7. The first-order valence-corrected chi connectivity index (χ1v) is 12.6. The highest BCUT2D eigenvalue weighted by atomic mass is 35.5. The van der Waals surface area contributed by atoms with Crippen LogP contribution in [-0.4, -0.2) is 24.9 Å². The molecule has 3 aromatic rings. The first-order valence-electron chi connectivity index (χ1n) is 10.7. The molecule has 1 amide bonds. The summed E-state index contributed by atoms with van der Waals surface area (Å²) in [4.78, 5) is 25.0. The lowest BCUT2D eigenvalue weighted by Crippen LogP contribution is -2.27. The standard InChI is InChI=1S/C27H22ClNO3S/c28-26-14-13-25(19-8-2-1-7-18(19)15-30)33(26)17-29-27(31)32-16-24-22-11-5-3-9-20(22)21-10-4-6-12-23(21)24/h1-15,24,33H,16-17H2,(H,29,31). The van der Waals surface area contributed by atoms with E-state index < -0.39 is 17.0 Å². The van der Waals surface area contributed by atoms with Gasteiger partial charge in [0.25, 0.3) is 0 Å². The number of carbonyl (C=O) groups excluding carboxylic acids is 2. The molecular weight excluding hydrogens is 454 g/mol. The van der Waals surface area contributed by atoms with Crippen molar-refractivity contribution in [2.24, 2.45) is 0 Å². The Bertz CT molecular complexity index is 1250. The van der Waals surface area contributed by atoms with Crippen molar-refractivity contribution in [3.8, 4) is 11.1 Å². The second-order valence-electron chi connectivity index (χ2n) is 7.83. The second-order valence-corrected chi connectivity index (χ2v) is 10.6. The van der Waals surface area contributed by atoms with Crippen LogP contribution in [0.4, 0.5) is 4.79 Å². The molecule has 0 fully saturated rings. The SMILES string of the molecule is O=Cc1ccccc1C1=CC=C(Cl)[SH]1CNC(=O)OCC1c2ccccc2-c2ccccc21. The maximum Gasteiger partial charge on any atom is 0.407 e. The number of aldehydes is 1. The Labute approximate surface area is 200 Å². The van der Waals surface area contributed by atoms with Crippen LogP contribution in [0, 0.1) is 0 Å². The molecule has 1 aliphatic heterocycles. The Balaban J connectivity index is 1.25. The largest absolute Gasteiger partial charge is 0.449 e. The van der Waals surface area contributed by atoms with Gasteiger partial charge in [0.05, 0.1) is 10.2 Å². The molecule has 3 aromatic carbocycles. The number of benzene rings is 3. The fraction of sp³-hybridized carbons (Fsp3) is 0.111. The van der Waals surface area contributed by atoms with Crippen LogP contribution < -0.4 is 5.32 Å². The second kappa shape index (κ2) is 9.30. The summed E-state index contributed by atoms with van der Waals surface area (Å²) in [6.45, 7) is 0.262. The van der Waals surface area contributed by atoms with Crippen LogP contribution in [-0.2, 0) is 4.74 Å². The Hall–Kier alpha value is -3.28. The molecule has 6 heteroatoms. The van der Waals surface area contributed by atoms with Gasteiger partial charge in [0.1, 0.15) is 6.61 Å². The number of halogens is 1. The van der Waals surface area contributed by atoms with Crippen LogP contribution >= 0.6 is 22.5 Å². The summed E-state index contributed by atoms with van der Waals surface area (Å²) in [5.41, 5.74) is 6.19. The number of rotatable bonds is 6. The van der Waals surface area contributed by atoms with E-state index in [1.54, 1.807) is 6.07 Å². The predicted octanol–water partition coefficient (Wildman–Crippen LogP) is 6.43. The van der Waals surface area contributed by atoms with Crippen LogP contribution in [0.25, 0.3) is 16.0 Å². The van der Waals surface area contributed by atoms with Crippen LogP contribution in [0.3, 0.4) is 0 Å². The van der Waals surface area contributed by atoms with Crippen molar-refractivity contribution in [3.05, 3.63) is 112 Å². The molecule has 0 bridgehead atoms. The topological polar surface area (TPSA) is 55.4 Å². The number of hydrogen-bond acceptors (Lipinski definition) is 3. The van der Waals surface area contributed by atoms with E-state index in [-0.39, 0.29) is 12.5 Å². The minimum atomic E-state index is -0.989. The summed E-state index contributed by atoms with van der Waals surface area (Å²) < 4.78 is 6.32. The highest BCUT2D eigenvalue weighted by Gasteiger charge is 2.29. The van der Waals surface area contributed by atoms with Crippen molar-refractivity contribution in [2.75, 3.05) is 12.5 Å². The molecule has 0 aromatic heterocycles. The van der Waals surface area contributed by atoms with Crippen LogP contribution in [0.2, 0.25) is 0 Å². The van der Waals surface area contributed by atoms with Gasteiger partial charge < -0.3 is 10.1 Å². The molecule has 0 saturated carbocycles. The van der Waals surface area contributed by atoms with E-state index in [1.165, 1.54) is 22.3 Å².